The van der Waals surface area contributed by atoms with Crippen LogP contribution in [-0.2, 0) is 9.53 Å². The van der Waals surface area contributed by atoms with E-state index in [0.29, 0.717) is 19.0 Å². The first-order chi connectivity index (χ1) is 7.63. The lowest BCUT2D eigenvalue weighted by molar-refractivity contribution is -0.149. The van der Waals surface area contributed by atoms with Gasteiger partial charge in [-0.05, 0) is 32.6 Å². The van der Waals surface area contributed by atoms with Crippen molar-refractivity contribution in [2.24, 2.45) is 0 Å². The Morgan fingerprint density at radius 3 is 2.88 bits per heavy atom. The fourth-order valence-corrected chi connectivity index (χ4v) is 1.87. The minimum atomic E-state index is -0.865. The quantitative estimate of drug-likeness (QED) is 0.590. The summed E-state index contributed by atoms with van der Waals surface area (Å²) in [6.45, 7) is 2.96. The van der Waals surface area contributed by atoms with E-state index in [1.54, 1.807) is 0 Å². The maximum absolute atomic E-state index is 10.7. The van der Waals surface area contributed by atoms with E-state index in [0.717, 1.165) is 19.3 Å². The number of aliphatic carboxylic acids is 1. The molecule has 1 heterocycles. The average molecular weight is 231 g/mol. The average Bonchev–Trinajstić information content (AvgIpc) is 2.72. The van der Waals surface area contributed by atoms with Gasteiger partial charge in [-0.15, -0.1) is 0 Å². The van der Waals surface area contributed by atoms with Crippen molar-refractivity contribution in [3.63, 3.8) is 0 Å². The molecule has 3 atom stereocenters. The summed E-state index contributed by atoms with van der Waals surface area (Å²) in [7, 11) is 0. The highest BCUT2D eigenvalue weighted by Gasteiger charge is 2.30. The van der Waals surface area contributed by atoms with Crippen molar-refractivity contribution >= 4 is 5.97 Å². The molecule has 1 aliphatic rings. The number of hydrogen-bond donors (Lipinski definition) is 3. The predicted octanol–water partition coefficient (Wildman–Crippen LogP) is 0.369. The number of carbonyl (C=O) groups is 1. The van der Waals surface area contributed by atoms with Crippen molar-refractivity contribution in [2.45, 2.75) is 50.9 Å². The van der Waals surface area contributed by atoms with Gasteiger partial charge in [0, 0.05) is 19.2 Å². The Labute approximate surface area is 95.8 Å². The highest BCUT2D eigenvalue weighted by molar-refractivity contribution is 5.72. The first kappa shape index (κ1) is 13.4. The molecule has 0 aromatic carbocycles. The zero-order chi connectivity index (χ0) is 12.0. The van der Waals surface area contributed by atoms with E-state index in [4.69, 9.17) is 14.9 Å². The Morgan fingerprint density at radius 1 is 1.56 bits per heavy atom. The molecular formula is C11H21NO4. The summed E-state index contributed by atoms with van der Waals surface area (Å²) < 4.78 is 5.37. The van der Waals surface area contributed by atoms with Gasteiger partial charge in [0.05, 0.1) is 6.10 Å². The molecule has 3 N–H and O–H groups in total. The number of nitrogens with one attached hydrogen (secondary N) is 1. The molecule has 0 radical (unpaired) electrons. The second kappa shape index (κ2) is 6.83. The third-order valence-corrected chi connectivity index (χ3v) is 2.87. The first-order valence-corrected chi connectivity index (χ1v) is 5.86. The molecular weight excluding hydrogens is 210 g/mol. The topological polar surface area (TPSA) is 78.8 Å². The number of aliphatic hydroxyl groups excluding tert-OH is 1. The number of carboxylic acid groups (broad SMARTS) is 1. The summed E-state index contributed by atoms with van der Waals surface area (Å²) in [5, 5.41) is 20.7. The molecule has 0 amide bonds. The van der Waals surface area contributed by atoms with Crippen molar-refractivity contribution in [2.75, 3.05) is 13.2 Å². The lowest BCUT2D eigenvalue weighted by atomic mass is 10.1. The number of carboxylic acids is 1. The van der Waals surface area contributed by atoms with Gasteiger partial charge in [0.15, 0.2) is 6.10 Å². The SMILES string of the molecule is CC(CCCO)NCC1CCC(C(=O)O)O1. The summed E-state index contributed by atoms with van der Waals surface area (Å²) in [6.07, 6.45) is 2.50. The molecule has 0 spiro atoms. The van der Waals surface area contributed by atoms with Gasteiger partial charge >= 0.3 is 5.97 Å². The van der Waals surface area contributed by atoms with Gasteiger partial charge in [0.25, 0.3) is 0 Å². The fraction of sp³-hybridized carbons (Fsp3) is 0.909. The van der Waals surface area contributed by atoms with Gasteiger partial charge in [-0.2, -0.15) is 0 Å². The standard InChI is InChI=1S/C11H21NO4/c1-8(3-2-6-13)12-7-9-4-5-10(16-9)11(14)15/h8-10,12-13H,2-7H2,1H3,(H,14,15). The lowest BCUT2D eigenvalue weighted by Gasteiger charge is -2.17. The molecule has 16 heavy (non-hydrogen) atoms. The van der Waals surface area contributed by atoms with Crippen LogP contribution in [0.1, 0.15) is 32.6 Å². The monoisotopic (exact) mass is 231 g/mol. The Balaban J connectivity index is 2.12. The van der Waals surface area contributed by atoms with Crippen molar-refractivity contribution in [1.29, 1.82) is 0 Å². The minimum Gasteiger partial charge on any atom is -0.479 e. The fourth-order valence-electron chi connectivity index (χ4n) is 1.87. The summed E-state index contributed by atoms with van der Waals surface area (Å²) in [5.41, 5.74) is 0. The van der Waals surface area contributed by atoms with Crippen LogP contribution in [0.5, 0.6) is 0 Å². The molecule has 94 valence electrons. The lowest BCUT2D eigenvalue weighted by Crippen LogP contribution is -2.34. The van der Waals surface area contributed by atoms with Gasteiger partial charge < -0.3 is 20.3 Å². The smallest absolute Gasteiger partial charge is 0.332 e. The first-order valence-electron chi connectivity index (χ1n) is 5.86. The molecule has 0 aliphatic carbocycles. The van der Waals surface area contributed by atoms with E-state index >= 15 is 0 Å². The molecule has 5 heteroatoms. The highest BCUT2D eigenvalue weighted by atomic mass is 16.5. The van der Waals surface area contributed by atoms with Crippen LogP contribution in [0, 0.1) is 0 Å². The molecule has 1 rings (SSSR count). The molecule has 0 aromatic rings. The molecule has 1 saturated heterocycles. The van der Waals surface area contributed by atoms with E-state index in [1.165, 1.54) is 0 Å². The Bertz CT molecular complexity index is 222. The van der Waals surface area contributed by atoms with Crippen LogP contribution < -0.4 is 5.32 Å². The van der Waals surface area contributed by atoms with E-state index in [9.17, 15) is 4.79 Å². The second-order valence-corrected chi connectivity index (χ2v) is 4.34. The number of hydrogen-bond acceptors (Lipinski definition) is 4. The largest absolute Gasteiger partial charge is 0.479 e. The van der Waals surface area contributed by atoms with Crippen molar-refractivity contribution in [3.05, 3.63) is 0 Å². The molecule has 3 unspecified atom stereocenters. The third-order valence-electron chi connectivity index (χ3n) is 2.87. The van der Waals surface area contributed by atoms with Crippen molar-refractivity contribution in [3.8, 4) is 0 Å². The summed E-state index contributed by atoms with van der Waals surface area (Å²) >= 11 is 0. The Hall–Kier alpha value is -0.650. The van der Waals surface area contributed by atoms with Crippen molar-refractivity contribution < 1.29 is 19.7 Å². The van der Waals surface area contributed by atoms with Crippen LogP contribution in [-0.4, -0.2) is 47.6 Å². The van der Waals surface area contributed by atoms with Crippen LogP contribution >= 0.6 is 0 Å². The normalized spacial score (nSPS) is 26.9. The summed E-state index contributed by atoms with van der Waals surface area (Å²) in [4.78, 5) is 10.7. The Kier molecular flexibility index (Phi) is 5.73. The minimum absolute atomic E-state index is 0.0117. The number of rotatable bonds is 7. The van der Waals surface area contributed by atoms with E-state index in [-0.39, 0.29) is 12.7 Å². The van der Waals surface area contributed by atoms with Crippen LogP contribution in [0.25, 0.3) is 0 Å². The molecule has 0 aromatic heterocycles. The second-order valence-electron chi connectivity index (χ2n) is 4.34. The summed E-state index contributed by atoms with van der Waals surface area (Å²) in [6, 6.07) is 0.333. The maximum atomic E-state index is 10.7. The maximum Gasteiger partial charge on any atom is 0.332 e. The zero-order valence-electron chi connectivity index (χ0n) is 9.69. The van der Waals surface area contributed by atoms with Crippen LogP contribution in [0.3, 0.4) is 0 Å². The van der Waals surface area contributed by atoms with Crippen molar-refractivity contribution in [1.82, 2.24) is 5.32 Å². The van der Waals surface area contributed by atoms with Gasteiger partial charge in [-0.3, -0.25) is 0 Å². The van der Waals surface area contributed by atoms with Gasteiger partial charge in [0.1, 0.15) is 0 Å². The molecule has 5 nitrogen and oxygen atoms in total. The highest BCUT2D eigenvalue weighted by Crippen LogP contribution is 2.19. The van der Waals surface area contributed by atoms with Gasteiger partial charge in [-0.25, -0.2) is 4.79 Å². The van der Waals surface area contributed by atoms with Gasteiger partial charge in [-0.1, -0.05) is 0 Å². The third kappa shape index (κ3) is 4.47. The summed E-state index contributed by atoms with van der Waals surface area (Å²) in [5.74, 6) is -0.865. The Morgan fingerprint density at radius 2 is 2.31 bits per heavy atom. The molecule has 0 saturated carbocycles. The van der Waals surface area contributed by atoms with Crippen LogP contribution in [0.4, 0.5) is 0 Å². The molecule has 1 fully saturated rings. The van der Waals surface area contributed by atoms with Crippen LogP contribution in [0.15, 0.2) is 0 Å². The van der Waals surface area contributed by atoms with E-state index in [1.807, 2.05) is 0 Å². The predicted molar refractivity (Wildman–Crippen MR) is 59.3 cm³/mol. The van der Waals surface area contributed by atoms with E-state index < -0.39 is 12.1 Å². The van der Waals surface area contributed by atoms with E-state index in [2.05, 4.69) is 12.2 Å². The molecule has 1 aliphatic heterocycles. The zero-order valence-corrected chi connectivity index (χ0v) is 9.69. The van der Waals surface area contributed by atoms with Gasteiger partial charge in [0.2, 0.25) is 0 Å². The van der Waals surface area contributed by atoms with Crippen LogP contribution in [0.2, 0.25) is 0 Å². The number of ether oxygens (including phenoxy) is 1. The number of aliphatic hydroxyl groups is 1. The molecule has 0 bridgehead atoms.